The molecule has 0 aliphatic carbocycles. The molecular weight excluding hydrogens is 679 g/mol. The minimum Gasteiger partial charge on any atom is -0.455 e. The third-order valence-electron chi connectivity index (χ3n) is 5.42. The molecule has 0 unspecified atom stereocenters. The normalized spacial score (nSPS) is 12.6. The van der Waals surface area contributed by atoms with E-state index in [-0.39, 0.29) is 32.5 Å². The lowest BCUT2D eigenvalue weighted by molar-refractivity contribution is -0.384. The number of aliphatic imine (C=N–C) groups is 1. The number of aromatic nitrogens is 2. The van der Waals surface area contributed by atoms with E-state index in [9.17, 15) is 50.1 Å². The van der Waals surface area contributed by atoms with Crippen molar-refractivity contribution in [2.45, 2.75) is 16.6 Å². The van der Waals surface area contributed by atoms with Crippen molar-refractivity contribution < 1.29 is 44.1 Å². The Bertz CT molecular complexity index is 1940. The summed E-state index contributed by atoms with van der Waals surface area (Å²) in [5.41, 5.74) is -9.70. The van der Waals surface area contributed by atoms with Crippen LogP contribution in [0.4, 0.5) is 37.8 Å². The van der Waals surface area contributed by atoms with Gasteiger partial charge < -0.3 is 4.42 Å². The smallest absolute Gasteiger partial charge is 0.455 e. The first-order valence-electron chi connectivity index (χ1n) is 10.9. The fourth-order valence-electron chi connectivity index (χ4n) is 3.54. The van der Waals surface area contributed by atoms with Gasteiger partial charge in [-0.05, 0) is 30.3 Å². The van der Waals surface area contributed by atoms with Gasteiger partial charge in [-0.25, -0.2) is 18.1 Å². The first-order chi connectivity index (χ1) is 19.9. The maximum atomic E-state index is 13.6. The van der Waals surface area contributed by atoms with E-state index < -0.39 is 64.1 Å². The van der Waals surface area contributed by atoms with Crippen LogP contribution in [0.15, 0.2) is 56.8 Å². The Hall–Kier alpha value is -4.11. The molecule has 2 aromatic carbocycles. The number of furan rings is 1. The lowest BCUT2D eigenvalue weighted by Crippen LogP contribution is -2.23. The summed E-state index contributed by atoms with van der Waals surface area (Å²) in [7, 11) is -6.35. The summed E-state index contributed by atoms with van der Waals surface area (Å²) >= 11 is 18.0. The molecular formula is C23H8Cl3F6N5O5S. The minimum absolute atomic E-state index is 0.0188. The summed E-state index contributed by atoms with van der Waals surface area (Å²) in [5.74, 6) is -1.56. The van der Waals surface area contributed by atoms with Crippen LogP contribution in [0.2, 0.25) is 15.1 Å². The molecule has 0 fully saturated rings. The van der Waals surface area contributed by atoms with Gasteiger partial charge in [0.2, 0.25) is 0 Å². The second-order valence-corrected chi connectivity index (χ2v) is 11.2. The Kier molecular flexibility index (Phi) is 8.28. The van der Waals surface area contributed by atoms with Gasteiger partial charge in [-0.2, -0.15) is 36.7 Å². The number of rotatable bonds is 6. The van der Waals surface area contributed by atoms with Gasteiger partial charge in [0.05, 0.1) is 31.8 Å². The van der Waals surface area contributed by atoms with Crippen LogP contribution >= 0.6 is 34.8 Å². The third kappa shape index (κ3) is 6.04. The van der Waals surface area contributed by atoms with E-state index in [4.69, 9.17) is 39.2 Å². The highest BCUT2D eigenvalue weighted by molar-refractivity contribution is 7.92. The number of sulfone groups is 1. The molecule has 0 saturated carbocycles. The van der Waals surface area contributed by atoms with Crippen molar-refractivity contribution in [2.24, 2.45) is 4.99 Å². The van der Waals surface area contributed by atoms with Crippen LogP contribution < -0.4 is 0 Å². The van der Waals surface area contributed by atoms with Crippen molar-refractivity contribution in [3.63, 3.8) is 0 Å². The fraction of sp³-hybridized carbons (Fsp3) is 0.0870. The van der Waals surface area contributed by atoms with Crippen LogP contribution in [-0.4, -0.2) is 34.8 Å². The Balaban J connectivity index is 1.94. The molecule has 2 heterocycles. The third-order valence-corrected chi connectivity index (χ3v) is 7.85. The van der Waals surface area contributed by atoms with Gasteiger partial charge >= 0.3 is 11.7 Å². The molecule has 4 rings (SSSR count). The van der Waals surface area contributed by atoms with Crippen molar-refractivity contribution >= 4 is 62.4 Å². The lowest BCUT2D eigenvalue weighted by atomic mass is 10.1. The number of hydrogen-bond acceptors (Lipinski definition) is 8. The summed E-state index contributed by atoms with van der Waals surface area (Å²) in [4.78, 5) is 12.4. The molecule has 0 saturated heterocycles. The van der Waals surface area contributed by atoms with E-state index in [0.29, 0.717) is 18.3 Å². The molecule has 0 atom stereocenters. The van der Waals surface area contributed by atoms with Crippen molar-refractivity contribution in [3.05, 3.63) is 84.7 Å². The van der Waals surface area contributed by atoms with Gasteiger partial charge in [0, 0.05) is 17.7 Å². The molecule has 4 aromatic rings. The Morgan fingerprint density at radius 1 is 1.02 bits per heavy atom. The Morgan fingerprint density at radius 3 is 2.19 bits per heavy atom. The van der Waals surface area contributed by atoms with Crippen LogP contribution in [0.5, 0.6) is 0 Å². The largest absolute Gasteiger partial charge is 0.502 e. The SMILES string of the molecule is N#Cc1nn(-c2c(Cl)cc(C(F)(F)F)cc2Cl)c(N=Cc2ccc(-c3cc([N+](=O)[O-])ccc3Cl)o2)c1S(=O)(=O)C(F)(F)F. The maximum absolute atomic E-state index is 13.6. The van der Waals surface area contributed by atoms with E-state index in [0.717, 1.165) is 12.1 Å². The average Bonchev–Trinajstić information content (AvgIpc) is 3.51. The van der Waals surface area contributed by atoms with Crippen LogP contribution in [-0.2, 0) is 16.0 Å². The summed E-state index contributed by atoms with van der Waals surface area (Å²) in [6, 6.07) is 7.70. The van der Waals surface area contributed by atoms with Gasteiger partial charge in [-0.1, -0.05) is 34.8 Å². The van der Waals surface area contributed by atoms with E-state index in [1.54, 1.807) is 0 Å². The monoisotopic (exact) mass is 685 g/mol. The minimum atomic E-state index is -6.35. The molecule has 10 nitrogen and oxygen atoms in total. The van der Waals surface area contributed by atoms with E-state index in [2.05, 4.69) is 10.1 Å². The maximum Gasteiger partial charge on any atom is 0.502 e. The predicted molar refractivity (Wildman–Crippen MR) is 140 cm³/mol. The summed E-state index contributed by atoms with van der Waals surface area (Å²) in [6.07, 6.45) is -4.26. The van der Waals surface area contributed by atoms with E-state index in [1.165, 1.54) is 24.3 Å². The summed E-state index contributed by atoms with van der Waals surface area (Å²) < 4.78 is 111. The second kappa shape index (κ2) is 11.2. The van der Waals surface area contributed by atoms with E-state index in [1.807, 2.05) is 0 Å². The van der Waals surface area contributed by atoms with Gasteiger partial charge in [0.25, 0.3) is 15.5 Å². The number of alkyl halides is 6. The van der Waals surface area contributed by atoms with Crippen molar-refractivity contribution in [1.82, 2.24) is 9.78 Å². The lowest BCUT2D eigenvalue weighted by Gasteiger charge is -2.13. The molecule has 0 bridgehead atoms. The fourth-order valence-corrected chi connectivity index (χ4v) is 5.35. The van der Waals surface area contributed by atoms with Crippen LogP contribution in [0.25, 0.3) is 17.0 Å². The average molecular weight is 687 g/mol. The highest BCUT2D eigenvalue weighted by Crippen LogP contribution is 2.43. The number of non-ortho nitro benzene ring substituents is 1. The first kappa shape index (κ1) is 31.8. The van der Waals surface area contributed by atoms with E-state index >= 15 is 0 Å². The second-order valence-electron chi connectivity index (χ2n) is 8.14. The molecule has 0 radical (unpaired) electrons. The highest BCUT2D eigenvalue weighted by atomic mass is 35.5. The molecule has 0 amide bonds. The standard InChI is InChI=1S/C23H8Cl3F6N5O5S/c24-14-3-1-11(37(38)39)7-13(14)18-4-2-12(42-18)9-34-21-20(43(40,41)23(30,31)32)17(8-33)35-36(21)19-15(25)5-10(6-16(19)26)22(27,28)29/h1-7,9H. The van der Waals surface area contributed by atoms with Gasteiger partial charge in [0.1, 0.15) is 23.3 Å². The molecule has 0 aliphatic rings. The molecule has 0 N–H and O–H groups in total. The Morgan fingerprint density at radius 2 is 1.65 bits per heavy atom. The summed E-state index contributed by atoms with van der Waals surface area (Å²) in [6.45, 7) is 0. The first-order valence-corrected chi connectivity index (χ1v) is 13.5. The number of hydrogen-bond donors (Lipinski definition) is 0. The number of benzene rings is 2. The zero-order chi connectivity index (χ0) is 32.1. The van der Waals surface area contributed by atoms with Crippen molar-refractivity contribution in [1.29, 1.82) is 5.26 Å². The Labute approximate surface area is 250 Å². The number of nitrogens with zero attached hydrogens (tertiary/aromatic N) is 5. The summed E-state index contributed by atoms with van der Waals surface area (Å²) in [5, 5.41) is 22.4. The van der Waals surface area contributed by atoms with Gasteiger partial charge in [-0.15, -0.1) is 0 Å². The molecule has 43 heavy (non-hydrogen) atoms. The molecule has 0 aliphatic heterocycles. The number of nitro benzene ring substituents is 1. The predicted octanol–water partition coefficient (Wildman–Crippen LogP) is 7.94. The molecule has 224 valence electrons. The number of halogens is 9. The quantitative estimate of drug-likeness (QED) is 0.0867. The van der Waals surface area contributed by atoms with Crippen molar-refractivity contribution in [3.8, 4) is 23.1 Å². The number of nitro groups is 1. The van der Waals surface area contributed by atoms with Gasteiger partial charge in [-0.3, -0.25) is 10.1 Å². The van der Waals surface area contributed by atoms with Crippen LogP contribution in [0.3, 0.4) is 0 Å². The zero-order valence-corrected chi connectivity index (χ0v) is 23.3. The topological polar surface area (TPSA) is 144 Å². The zero-order valence-electron chi connectivity index (χ0n) is 20.2. The molecule has 0 spiro atoms. The number of nitriles is 1. The van der Waals surface area contributed by atoms with Gasteiger partial charge in [0.15, 0.2) is 16.4 Å². The highest BCUT2D eigenvalue weighted by Gasteiger charge is 2.51. The van der Waals surface area contributed by atoms with Crippen molar-refractivity contribution in [2.75, 3.05) is 0 Å². The van der Waals surface area contributed by atoms with Crippen LogP contribution in [0.1, 0.15) is 17.0 Å². The molecule has 20 heteroatoms. The molecule has 2 aromatic heterocycles. The van der Waals surface area contributed by atoms with Crippen LogP contribution in [0, 0.1) is 21.4 Å².